The average Bonchev–Trinajstić information content (AvgIpc) is 3.20. The third-order valence-corrected chi connectivity index (χ3v) is 5.71. The van der Waals surface area contributed by atoms with E-state index in [-0.39, 0.29) is 0 Å². The summed E-state index contributed by atoms with van der Waals surface area (Å²) in [5.41, 5.74) is 1.11. The molecule has 21 heavy (non-hydrogen) atoms. The molecule has 1 saturated carbocycles. The van der Waals surface area contributed by atoms with E-state index in [1.807, 2.05) is 0 Å². The molecule has 1 aliphatic carbocycles. The lowest BCUT2D eigenvalue weighted by molar-refractivity contribution is 0.132. The molecule has 0 spiro atoms. The monoisotopic (exact) mass is 308 g/mol. The van der Waals surface area contributed by atoms with Gasteiger partial charge in [0, 0.05) is 25.7 Å². The average molecular weight is 308 g/mol. The molecular formula is C16H28N4S. The van der Waals surface area contributed by atoms with Gasteiger partial charge in [-0.15, -0.1) is 5.10 Å². The fraction of sp³-hybridized carbons (Fsp3) is 0.875. The Kier molecular flexibility index (Phi) is 4.92. The topological polar surface area (TPSA) is 32.3 Å². The van der Waals surface area contributed by atoms with Crippen molar-refractivity contribution in [3.63, 3.8) is 0 Å². The Bertz CT molecular complexity index is 455. The minimum atomic E-state index is 0.703. The van der Waals surface area contributed by atoms with Crippen molar-refractivity contribution in [2.75, 3.05) is 26.2 Å². The van der Waals surface area contributed by atoms with E-state index in [0.29, 0.717) is 6.04 Å². The Morgan fingerprint density at radius 3 is 2.71 bits per heavy atom. The standard InChI is InChI=1S/C16H28N4S/c1-12(2)15-10-19(11-16-13(3)17-18-21-16)7-4-8-20(15)9-14-5-6-14/h12,14-15H,4-11H2,1-3H3/t15-/m0/s1. The van der Waals surface area contributed by atoms with E-state index in [4.69, 9.17) is 0 Å². The predicted octanol–water partition coefficient (Wildman–Crippen LogP) is 2.79. The summed E-state index contributed by atoms with van der Waals surface area (Å²) in [7, 11) is 0. The van der Waals surface area contributed by atoms with Crippen LogP contribution in [0.2, 0.25) is 0 Å². The van der Waals surface area contributed by atoms with Crippen LogP contribution in [0.5, 0.6) is 0 Å². The normalized spacial score (nSPS) is 25.4. The fourth-order valence-electron chi connectivity index (χ4n) is 3.37. The SMILES string of the molecule is Cc1nnsc1CN1CCCN(CC2CC2)[C@H](C(C)C)C1. The van der Waals surface area contributed by atoms with Gasteiger partial charge >= 0.3 is 0 Å². The maximum Gasteiger partial charge on any atom is 0.0769 e. The molecule has 3 rings (SSSR count). The maximum atomic E-state index is 4.15. The zero-order valence-electron chi connectivity index (χ0n) is 13.6. The third-order valence-electron chi connectivity index (χ3n) is 4.91. The molecule has 1 aromatic heterocycles. The fourth-order valence-corrected chi connectivity index (χ4v) is 4.04. The summed E-state index contributed by atoms with van der Waals surface area (Å²) in [5, 5.41) is 4.15. The highest BCUT2D eigenvalue weighted by Crippen LogP contribution is 2.32. The molecule has 4 nitrogen and oxygen atoms in total. The number of aromatic nitrogens is 2. The second-order valence-electron chi connectivity index (χ2n) is 7.12. The van der Waals surface area contributed by atoms with E-state index in [2.05, 4.69) is 40.2 Å². The molecular weight excluding hydrogens is 280 g/mol. The maximum absolute atomic E-state index is 4.15. The first-order valence-corrected chi connectivity index (χ1v) is 9.15. The van der Waals surface area contributed by atoms with Crippen molar-refractivity contribution in [3.8, 4) is 0 Å². The molecule has 0 amide bonds. The molecule has 1 atom stereocenters. The lowest BCUT2D eigenvalue weighted by Gasteiger charge is -2.34. The van der Waals surface area contributed by atoms with Crippen LogP contribution < -0.4 is 0 Å². The lowest BCUT2D eigenvalue weighted by Crippen LogP contribution is -2.45. The van der Waals surface area contributed by atoms with Gasteiger partial charge in [-0.05, 0) is 62.6 Å². The van der Waals surface area contributed by atoms with E-state index in [1.165, 1.54) is 50.3 Å². The van der Waals surface area contributed by atoms with Gasteiger partial charge in [-0.1, -0.05) is 18.3 Å². The van der Waals surface area contributed by atoms with Crippen molar-refractivity contribution in [3.05, 3.63) is 10.6 Å². The van der Waals surface area contributed by atoms with Crippen LogP contribution in [-0.4, -0.2) is 51.6 Å². The van der Waals surface area contributed by atoms with Crippen molar-refractivity contribution in [1.82, 2.24) is 19.4 Å². The summed E-state index contributed by atoms with van der Waals surface area (Å²) in [6.45, 7) is 12.9. The van der Waals surface area contributed by atoms with Gasteiger partial charge in [0.15, 0.2) is 0 Å². The second kappa shape index (κ2) is 6.71. The molecule has 0 radical (unpaired) electrons. The van der Waals surface area contributed by atoms with Gasteiger partial charge in [-0.3, -0.25) is 9.80 Å². The quantitative estimate of drug-likeness (QED) is 0.837. The Balaban J connectivity index is 1.65. The van der Waals surface area contributed by atoms with Crippen LogP contribution in [0.15, 0.2) is 0 Å². The van der Waals surface area contributed by atoms with Crippen molar-refractivity contribution in [1.29, 1.82) is 0 Å². The minimum absolute atomic E-state index is 0.703. The molecule has 118 valence electrons. The molecule has 0 bridgehead atoms. The molecule has 0 N–H and O–H groups in total. The molecule has 1 aromatic rings. The van der Waals surface area contributed by atoms with Crippen molar-refractivity contribution in [2.24, 2.45) is 11.8 Å². The second-order valence-corrected chi connectivity index (χ2v) is 7.96. The van der Waals surface area contributed by atoms with E-state index in [0.717, 1.165) is 24.1 Å². The third kappa shape index (κ3) is 4.02. The summed E-state index contributed by atoms with van der Waals surface area (Å²) in [4.78, 5) is 6.74. The van der Waals surface area contributed by atoms with E-state index < -0.39 is 0 Å². The Hall–Kier alpha value is -0.520. The van der Waals surface area contributed by atoms with Crippen LogP contribution in [0.25, 0.3) is 0 Å². The van der Waals surface area contributed by atoms with Crippen LogP contribution >= 0.6 is 11.5 Å². The first-order valence-electron chi connectivity index (χ1n) is 8.37. The van der Waals surface area contributed by atoms with Gasteiger partial charge in [0.25, 0.3) is 0 Å². The number of rotatable bonds is 5. The van der Waals surface area contributed by atoms with Gasteiger partial charge in [-0.25, -0.2) is 0 Å². The molecule has 1 aliphatic heterocycles. The molecule has 0 unspecified atom stereocenters. The number of nitrogens with zero attached hydrogens (tertiary/aromatic N) is 4. The van der Waals surface area contributed by atoms with E-state index in [1.54, 1.807) is 11.5 Å². The predicted molar refractivity (Wildman–Crippen MR) is 87.5 cm³/mol. The summed E-state index contributed by atoms with van der Waals surface area (Å²) in [6, 6.07) is 0.703. The van der Waals surface area contributed by atoms with Crippen LogP contribution in [0.1, 0.15) is 43.7 Å². The van der Waals surface area contributed by atoms with E-state index in [9.17, 15) is 0 Å². The van der Waals surface area contributed by atoms with Crippen LogP contribution in [0.3, 0.4) is 0 Å². The smallest absolute Gasteiger partial charge is 0.0769 e. The van der Waals surface area contributed by atoms with Crippen LogP contribution in [0, 0.1) is 18.8 Å². The van der Waals surface area contributed by atoms with Crippen molar-refractivity contribution in [2.45, 2.75) is 52.6 Å². The van der Waals surface area contributed by atoms with Crippen LogP contribution in [0.4, 0.5) is 0 Å². The molecule has 2 aliphatic rings. The first-order chi connectivity index (χ1) is 10.1. The van der Waals surface area contributed by atoms with E-state index >= 15 is 0 Å². The number of hydrogen-bond acceptors (Lipinski definition) is 5. The van der Waals surface area contributed by atoms with Crippen molar-refractivity contribution < 1.29 is 0 Å². The van der Waals surface area contributed by atoms with Crippen molar-refractivity contribution >= 4 is 11.5 Å². The minimum Gasteiger partial charge on any atom is -0.299 e. The Morgan fingerprint density at radius 1 is 1.29 bits per heavy atom. The van der Waals surface area contributed by atoms with Gasteiger partial charge < -0.3 is 0 Å². The first kappa shape index (κ1) is 15.4. The van der Waals surface area contributed by atoms with Gasteiger partial charge in [-0.2, -0.15) is 0 Å². The summed E-state index contributed by atoms with van der Waals surface area (Å²) >= 11 is 1.56. The Morgan fingerprint density at radius 2 is 2.10 bits per heavy atom. The summed E-state index contributed by atoms with van der Waals surface area (Å²) < 4.78 is 4.08. The molecule has 5 heteroatoms. The highest BCUT2D eigenvalue weighted by atomic mass is 32.1. The largest absolute Gasteiger partial charge is 0.299 e. The summed E-state index contributed by atoms with van der Waals surface area (Å²) in [5.74, 6) is 1.72. The molecule has 1 saturated heterocycles. The van der Waals surface area contributed by atoms with Gasteiger partial charge in [0.1, 0.15) is 0 Å². The van der Waals surface area contributed by atoms with Crippen LogP contribution in [-0.2, 0) is 6.54 Å². The number of aryl methyl sites for hydroxylation is 1. The molecule has 2 fully saturated rings. The zero-order chi connectivity index (χ0) is 14.8. The number of hydrogen-bond donors (Lipinski definition) is 0. The lowest BCUT2D eigenvalue weighted by atomic mass is 10.0. The highest BCUT2D eigenvalue weighted by molar-refractivity contribution is 7.05. The van der Waals surface area contributed by atoms with Gasteiger partial charge in [0.05, 0.1) is 10.6 Å². The summed E-state index contributed by atoms with van der Waals surface area (Å²) in [6.07, 6.45) is 4.20. The molecule has 2 heterocycles. The molecule has 0 aromatic carbocycles. The zero-order valence-corrected chi connectivity index (χ0v) is 14.4. The Labute approximate surface area is 132 Å². The highest BCUT2D eigenvalue weighted by Gasteiger charge is 2.32. The van der Waals surface area contributed by atoms with Gasteiger partial charge in [0.2, 0.25) is 0 Å².